The summed E-state index contributed by atoms with van der Waals surface area (Å²) in [5.74, 6) is 6.42. The van der Waals surface area contributed by atoms with Gasteiger partial charge in [-0.2, -0.15) is 0 Å². The lowest BCUT2D eigenvalue weighted by Gasteiger charge is -2.15. The first-order chi connectivity index (χ1) is 9.15. The van der Waals surface area contributed by atoms with E-state index in [1.807, 2.05) is 19.1 Å². The van der Waals surface area contributed by atoms with Gasteiger partial charge in [-0.1, -0.05) is 0 Å². The number of hydrogen-bond acceptors (Lipinski definition) is 5. The van der Waals surface area contributed by atoms with Crippen LogP contribution < -0.4 is 16.0 Å². The molecule has 7 heteroatoms. The van der Waals surface area contributed by atoms with E-state index in [2.05, 4.69) is 42.3 Å². The molecule has 0 fully saturated rings. The topological polar surface area (TPSA) is 60.2 Å². The second-order valence-corrected chi connectivity index (χ2v) is 7.01. The van der Waals surface area contributed by atoms with Gasteiger partial charge in [-0.15, -0.1) is 11.3 Å². The maximum atomic E-state index is 5.68. The molecule has 2 aromatic rings. The van der Waals surface area contributed by atoms with Crippen LogP contribution in [0.1, 0.15) is 23.4 Å². The van der Waals surface area contributed by atoms with Crippen molar-refractivity contribution in [2.75, 3.05) is 6.61 Å². The smallest absolute Gasteiger partial charge is 0.137 e. The molecular weight excluding hydrogens is 394 g/mol. The summed E-state index contributed by atoms with van der Waals surface area (Å²) < 4.78 is 7.51. The van der Waals surface area contributed by atoms with E-state index in [-0.39, 0.29) is 6.04 Å². The van der Waals surface area contributed by atoms with E-state index in [4.69, 9.17) is 10.6 Å². The molecule has 0 spiro atoms. The average molecular weight is 407 g/mol. The Kier molecular flexibility index (Phi) is 5.35. The third-order valence-corrected chi connectivity index (χ3v) is 5.82. The van der Waals surface area contributed by atoms with Crippen molar-refractivity contribution in [3.8, 4) is 5.75 Å². The first-order valence-corrected chi connectivity index (χ1v) is 8.04. The summed E-state index contributed by atoms with van der Waals surface area (Å²) in [5.41, 5.74) is 3.79. The van der Waals surface area contributed by atoms with E-state index in [1.54, 1.807) is 23.7 Å². The Morgan fingerprint density at radius 2 is 2.21 bits per heavy atom. The second kappa shape index (κ2) is 6.81. The zero-order chi connectivity index (χ0) is 13.8. The number of rotatable bonds is 5. The van der Waals surface area contributed by atoms with Gasteiger partial charge < -0.3 is 4.74 Å². The van der Waals surface area contributed by atoms with Gasteiger partial charge >= 0.3 is 0 Å². The highest BCUT2D eigenvalue weighted by atomic mass is 79.9. The number of nitrogens with two attached hydrogens (primary N) is 1. The Balaban J connectivity index is 2.33. The van der Waals surface area contributed by atoms with Crippen molar-refractivity contribution in [3.05, 3.63) is 43.2 Å². The third-order valence-electron chi connectivity index (χ3n) is 2.49. The van der Waals surface area contributed by atoms with Crippen molar-refractivity contribution in [3.63, 3.8) is 0 Å². The van der Waals surface area contributed by atoms with Crippen LogP contribution in [0.25, 0.3) is 0 Å². The van der Waals surface area contributed by atoms with Crippen LogP contribution in [0.4, 0.5) is 0 Å². The van der Waals surface area contributed by atoms with Gasteiger partial charge in [0.15, 0.2) is 0 Å². The highest BCUT2D eigenvalue weighted by Gasteiger charge is 2.17. The molecule has 0 saturated heterocycles. The molecule has 0 amide bonds. The highest BCUT2D eigenvalue weighted by molar-refractivity contribution is 9.13. The molecule has 1 atom stereocenters. The number of hydrogen-bond donors (Lipinski definition) is 2. The SMILES string of the molecule is CCOc1cncc(C(NN)c2cc(Br)c(Br)s2)c1. The molecule has 2 aromatic heterocycles. The van der Waals surface area contributed by atoms with Crippen LogP contribution in [0.2, 0.25) is 0 Å². The monoisotopic (exact) mass is 405 g/mol. The molecule has 0 radical (unpaired) electrons. The predicted octanol–water partition coefficient (Wildman–Crippen LogP) is 3.62. The number of hydrazine groups is 1. The maximum absolute atomic E-state index is 5.68. The first-order valence-electron chi connectivity index (χ1n) is 5.64. The molecule has 2 heterocycles. The molecular formula is C12H13Br2N3OS. The fraction of sp³-hybridized carbons (Fsp3) is 0.250. The van der Waals surface area contributed by atoms with E-state index in [1.165, 1.54) is 0 Å². The van der Waals surface area contributed by atoms with E-state index in [9.17, 15) is 0 Å². The molecule has 3 N–H and O–H groups in total. The van der Waals surface area contributed by atoms with Gasteiger partial charge in [0.2, 0.25) is 0 Å². The minimum Gasteiger partial charge on any atom is -0.492 e. The van der Waals surface area contributed by atoms with Crippen LogP contribution in [0.3, 0.4) is 0 Å². The van der Waals surface area contributed by atoms with Gasteiger partial charge in [0, 0.05) is 15.5 Å². The number of thiophene rings is 1. The number of ether oxygens (including phenoxy) is 1. The van der Waals surface area contributed by atoms with Gasteiger partial charge in [-0.05, 0) is 56.5 Å². The Morgan fingerprint density at radius 3 is 2.79 bits per heavy atom. The summed E-state index contributed by atoms with van der Waals surface area (Å²) in [7, 11) is 0. The maximum Gasteiger partial charge on any atom is 0.137 e. The fourth-order valence-corrected chi connectivity index (χ4v) is 3.87. The van der Waals surface area contributed by atoms with Crippen molar-refractivity contribution in [2.24, 2.45) is 5.84 Å². The number of nitrogens with zero attached hydrogens (tertiary/aromatic N) is 1. The van der Waals surface area contributed by atoms with Crippen LogP contribution in [0.15, 0.2) is 32.8 Å². The Hall–Kier alpha value is -0.470. The van der Waals surface area contributed by atoms with Gasteiger partial charge in [0.25, 0.3) is 0 Å². The van der Waals surface area contributed by atoms with Gasteiger partial charge in [-0.25, -0.2) is 5.43 Å². The summed E-state index contributed by atoms with van der Waals surface area (Å²) >= 11 is 8.59. The minimum atomic E-state index is -0.111. The number of aromatic nitrogens is 1. The van der Waals surface area contributed by atoms with E-state index in [0.717, 1.165) is 24.4 Å². The summed E-state index contributed by atoms with van der Waals surface area (Å²) in [5, 5.41) is 0. The van der Waals surface area contributed by atoms with E-state index in [0.29, 0.717) is 6.61 Å². The van der Waals surface area contributed by atoms with Crippen molar-refractivity contribution >= 4 is 43.2 Å². The van der Waals surface area contributed by atoms with Crippen LogP contribution in [0.5, 0.6) is 5.75 Å². The molecule has 0 bridgehead atoms. The average Bonchev–Trinajstić information content (AvgIpc) is 2.71. The molecule has 0 aliphatic carbocycles. The van der Waals surface area contributed by atoms with Gasteiger partial charge in [-0.3, -0.25) is 10.8 Å². The third kappa shape index (κ3) is 3.55. The summed E-state index contributed by atoms with van der Waals surface area (Å²) in [4.78, 5) is 5.28. The minimum absolute atomic E-state index is 0.111. The van der Waals surface area contributed by atoms with Crippen LogP contribution in [0, 0.1) is 0 Å². The second-order valence-electron chi connectivity index (χ2n) is 3.76. The van der Waals surface area contributed by atoms with Gasteiger partial charge in [0.1, 0.15) is 5.75 Å². The molecule has 0 saturated carbocycles. The van der Waals surface area contributed by atoms with Crippen molar-refractivity contribution in [1.29, 1.82) is 0 Å². The molecule has 0 aliphatic rings. The summed E-state index contributed by atoms with van der Waals surface area (Å²) in [6.07, 6.45) is 3.48. The quantitative estimate of drug-likeness (QED) is 0.588. The lowest BCUT2D eigenvalue weighted by atomic mass is 10.1. The summed E-state index contributed by atoms with van der Waals surface area (Å²) in [6.45, 7) is 2.56. The largest absolute Gasteiger partial charge is 0.492 e. The Morgan fingerprint density at radius 1 is 1.42 bits per heavy atom. The predicted molar refractivity (Wildman–Crippen MR) is 84.3 cm³/mol. The van der Waals surface area contributed by atoms with Crippen LogP contribution in [-0.4, -0.2) is 11.6 Å². The van der Waals surface area contributed by atoms with E-state index >= 15 is 0 Å². The fourth-order valence-electron chi connectivity index (χ4n) is 1.69. The lowest BCUT2D eigenvalue weighted by molar-refractivity contribution is 0.338. The van der Waals surface area contributed by atoms with Crippen molar-refractivity contribution in [1.82, 2.24) is 10.4 Å². The zero-order valence-electron chi connectivity index (χ0n) is 10.2. The zero-order valence-corrected chi connectivity index (χ0v) is 14.2. The van der Waals surface area contributed by atoms with E-state index < -0.39 is 0 Å². The molecule has 4 nitrogen and oxygen atoms in total. The molecule has 0 aromatic carbocycles. The number of halogens is 2. The standard InChI is InChI=1S/C12H13Br2N3OS/c1-2-18-8-3-7(5-16-6-8)11(17-15)10-4-9(13)12(14)19-10/h3-6,11,17H,2,15H2,1H3. The van der Waals surface area contributed by atoms with Crippen LogP contribution in [-0.2, 0) is 0 Å². The normalized spacial score (nSPS) is 12.4. The molecule has 0 aliphatic heterocycles. The number of pyridine rings is 1. The van der Waals surface area contributed by atoms with Crippen molar-refractivity contribution < 1.29 is 4.74 Å². The number of nitrogens with one attached hydrogen (secondary N) is 1. The molecule has 102 valence electrons. The Bertz CT molecular complexity index is 542. The lowest BCUT2D eigenvalue weighted by Crippen LogP contribution is -2.28. The van der Waals surface area contributed by atoms with Gasteiger partial charge in [0.05, 0.1) is 22.6 Å². The Labute approximate surface area is 132 Å². The van der Waals surface area contributed by atoms with Crippen molar-refractivity contribution in [2.45, 2.75) is 13.0 Å². The molecule has 2 rings (SSSR count). The molecule has 1 unspecified atom stereocenters. The first kappa shape index (κ1) is 14.9. The summed E-state index contributed by atoms with van der Waals surface area (Å²) in [6, 6.07) is 3.87. The molecule has 19 heavy (non-hydrogen) atoms. The van der Waals surface area contributed by atoms with Crippen LogP contribution >= 0.6 is 43.2 Å². The highest BCUT2D eigenvalue weighted by Crippen LogP contribution is 2.37.